The van der Waals surface area contributed by atoms with Gasteiger partial charge in [-0.15, -0.1) is 0 Å². The minimum atomic E-state index is -4.35. The van der Waals surface area contributed by atoms with Crippen LogP contribution in [0.4, 0.5) is 5.69 Å². The van der Waals surface area contributed by atoms with Crippen molar-refractivity contribution in [2.24, 2.45) is 0 Å². The third-order valence-electron chi connectivity index (χ3n) is 8.12. The molecule has 0 heterocycles. The van der Waals surface area contributed by atoms with Gasteiger partial charge in [-0.2, -0.15) is 0 Å². The molecule has 0 aromatic heterocycles. The molecule has 4 aromatic carbocycles. The summed E-state index contributed by atoms with van der Waals surface area (Å²) in [5.41, 5.74) is 3.42. The second-order valence-electron chi connectivity index (χ2n) is 11.8. The van der Waals surface area contributed by atoms with Gasteiger partial charge in [-0.3, -0.25) is 13.9 Å². The number of unbranched alkanes of at least 4 members (excludes halogenated alkanes) is 1. The van der Waals surface area contributed by atoms with Crippen LogP contribution < -0.4 is 19.1 Å². The number of ether oxygens (including phenoxy) is 2. The van der Waals surface area contributed by atoms with Crippen LogP contribution in [0.5, 0.6) is 11.5 Å². The van der Waals surface area contributed by atoms with Gasteiger partial charge >= 0.3 is 0 Å². The molecule has 260 valence electrons. The summed E-state index contributed by atoms with van der Waals surface area (Å²) in [6.45, 7) is 5.59. The molecule has 0 unspecified atom stereocenters. The highest BCUT2D eigenvalue weighted by Gasteiger charge is 2.35. The minimum absolute atomic E-state index is 0.0195. The van der Waals surface area contributed by atoms with Gasteiger partial charge in [0.1, 0.15) is 12.6 Å². The molecule has 0 radical (unpaired) electrons. The van der Waals surface area contributed by atoms with Crippen LogP contribution in [-0.2, 0) is 32.6 Å². The summed E-state index contributed by atoms with van der Waals surface area (Å²) >= 11 is 6.60. The SMILES string of the molecule is CCCCNC(=O)[C@H](Cc1ccccc1)N(Cc1ccccc1Cl)C(=O)CN(c1cc(C)cc(C)c1)S(=O)(=O)c1ccc(OC)c(OC)c1. The lowest BCUT2D eigenvalue weighted by atomic mass is 10.0. The Labute approximate surface area is 294 Å². The van der Waals surface area contributed by atoms with Crippen LogP contribution in [0.15, 0.2) is 95.9 Å². The maximum Gasteiger partial charge on any atom is 0.264 e. The van der Waals surface area contributed by atoms with E-state index in [-0.39, 0.29) is 29.5 Å². The van der Waals surface area contributed by atoms with Gasteiger partial charge in [0.2, 0.25) is 11.8 Å². The van der Waals surface area contributed by atoms with E-state index in [1.165, 1.54) is 37.3 Å². The summed E-state index contributed by atoms with van der Waals surface area (Å²) in [4.78, 5) is 30.0. The number of sulfonamides is 1. The Morgan fingerprint density at radius 3 is 2.14 bits per heavy atom. The van der Waals surface area contributed by atoms with Crippen LogP contribution in [-0.4, -0.2) is 58.5 Å². The molecular weight excluding hydrogens is 662 g/mol. The van der Waals surface area contributed by atoms with E-state index in [0.717, 1.165) is 33.8 Å². The number of aryl methyl sites for hydroxylation is 2. The van der Waals surface area contributed by atoms with E-state index in [0.29, 0.717) is 28.6 Å². The van der Waals surface area contributed by atoms with Gasteiger partial charge < -0.3 is 19.7 Å². The quantitative estimate of drug-likeness (QED) is 0.130. The van der Waals surface area contributed by atoms with Crippen molar-refractivity contribution in [3.05, 3.63) is 118 Å². The van der Waals surface area contributed by atoms with Gasteiger partial charge in [0.05, 0.1) is 24.8 Å². The zero-order valence-electron chi connectivity index (χ0n) is 28.6. The van der Waals surface area contributed by atoms with Crippen molar-refractivity contribution in [3.63, 3.8) is 0 Å². The summed E-state index contributed by atoms with van der Waals surface area (Å²) in [6.07, 6.45) is 1.86. The molecule has 0 fully saturated rings. The molecule has 4 aromatic rings. The largest absolute Gasteiger partial charge is 0.493 e. The average Bonchev–Trinajstić information content (AvgIpc) is 3.09. The number of hydrogen-bond donors (Lipinski definition) is 1. The van der Waals surface area contributed by atoms with Crippen LogP contribution in [0.2, 0.25) is 5.02 Å². The number of methoxy groups -OCH3 is 2. The molecule has 11 heteroatoms. The Morgan fingerprint density at radius 2 is 1.51 bits per heavy atom. The molecule has 0 aliphatic rings. The smallest absolute Gasteiger partial charge is 0.264 e. The van der Waals surface area contributed by atoms with Crippen LogP contribution in [0.25, 0.3) is 0 Å². The van der Waals surface area contributed by atoms with Crippen LogP contribution in [0, 0.1) is 13.8 Å². The summed E-state index contributed by atoms with van der Waals surface area (Å²) in [5.74, 6) is -0.324. The molecular formula is C38H44ClN3O6S. The normalized spacial score (nSPS) is 11.8. The number of nitrogens with one attached hydrogen (secondary N) is 1. The monoisotopic (exact) mass is 705 g/mol. The topological polar surface area (TPSA) is 105 Å². The number of rotatable bonds is 16. The first-order valence-electron chi connectivity index (χ1n) is 16.2. The number of carbonyl (C=O) groups is 2. The second-order valence-corrected chi connectivity index (χ2v) is 14.1. The second kappa shape index (κ2) is 17.2. The zero-order chi connectivity index (χ0) is 35.6. The van der Waals surface area contributed by atoms with E-state index in [2.05, 4.69) is 5.32 Å². The summed E-state index contributed by atoms with van der Waals surface area (Å²) in [6, 6.07) is 25.2. The Balaban J connectivity index is 1.85. The molecule has 49 heavy (non-hydrogen) atoms. The maximum absolute atomic E-state index is 14.7. The predicted molar refractivity (Wildman–Crippen MR) is 194 cm³/mol. The lowest BCUT2D eigenvalue weighted by Gasteiger charge is -2.34. The number of benzene rings is 4. The Morgan fingerprint density at radius 1 is 0.857 bits per heavy atom. The first-order chi connectivity index (χ1) is 23.5. The third-order valence-corrected chi connectivity index (χ3v) is 10.3. The van der Waals surface area contributed by atoms with E-state index >= 15 is 0 Å². The van der Waals surface area contributed by atoms with Gasteiger partial charge in [0, 0.05) is 30.6 Å². The van der Waals surface area contributed by atoms with E-state index in [1.807, 2.05) is 57.2 Å². The number of anilines is 1. The van der Waals surface area contributed by atoms with Crippen molar-refractivity contribution >= 4 is 39.1 Å². The third kappa shape index (κ3) is 9.55. The standard InChI is InChI=1S/C38H44ClN3O6S/c1-6-7-19-40-38(44)34(23-29-13-9-8-10-14-29)41(25-30-15-11-12-16-33(30)39)37(43)26-42(31-21-27(2)20-28(3)22-31)49(45,46)32-17-18-35(47-4)36(24-32)48-5/h8-18,20-22,24,34H,6-7,19,23,25-26H2,1-5H3,(H,40,44)/t34-/m0/s1. The number of amides is 2. The average molecular weight is 706 g/mol. The Kier molecular flexibility index (Phi) is 13.1. The summed E-state index contributed by atoms with van der Waals surface area (Å²) in [5, 5.41) is 3.42. The summed E-state index contributed by atoms with van der Waals surface area (Å²) in [7, 11) is -1.47. The fourth-order valence-corrected chi connectivity index (χ4v) is 7.21. The van der Waals surface area contributed by atoms with Gasteiger partial charge in [-0.05, 0) is 72.9 Å². The van der Waals surface area contributed by atoms with Crippen LogP contribution in [0.1, 0.15) is 42.0 Å². The molecule has 9 nitrogen and oxygen atoms in total. The zero-order valence-corrected chi connectivity index (χ0v) is 30.2. The first kappa shape index (κ1) is 37.3. The van der Waals surface area contributed by atoms with E-state index in [1.54, 1.807) is 36.4 Å². The Hall–Kier alpha value is -4.54. The van der Waals surface area contributed by atoms with Crippen molar-refractivity contribution in [2.75, 3.05) is 31.6 Å². The fourth-order valence-electron chi connectivity index (χ4n) is 5.60. The number of nitrogens with zero attached hydrogens (tertiary/aromatic N) is 2. The molecule has 0 spiro atoms. The van der Waals surface area contributed by atoms with E-state index in [9.17, 15) is 18.0 Å². The minimum Gasteiger partial charge on any atom is -0.493 e. The molecule has 0 aliphatic carbocycles. The van der Waals surface area contributed by atoms with E-state index in [4.69, 9.17) is 21.1 Å². The van der Waals surface area contributed by atoms with Crippen molar-refractivity contribution in [1.82, 2.24) is 10.2 Å². The molecule has 1 atom stereocenters. The van der Waals surface area contributed by atoms with Crippen molar-refractivity contribution in [3.8, 4) is 11.5 Å². The highest BCUT2D eigenvalue weighted by Crippen LogP contribution is 2.33. The molecule has 0 saturated carbocycles. The number of carbonyl (C=O) groups excluding carboxylic acids is 2. The molecule has 0 aliphatic heterocycles. The highest BCUT2D eigenvalue weighted by molar-refractivity contribution is 7.92. The van der Waals surface area contributed by atoms with Gasteiger partial charge in [0.25, 0.3) is 10.0 Å². The molecule has 0 bridgehead atoms. The predicted octanol–water partition coefficient (Wildman–Crippen LogP) is 6.73. The highest BCUT2D eigenvalue weighted by atomic mass is 35.5. The lowest BCUT2D eigenvalue weighted by Crippen LogP contribution is -2.53. The fraction of sp³-hybridized carbons (Fsp3) is 0.316. The number of hydrogen-bond acceptors (Lipinski definition) is 6. The van der Waals surface area contributed by atoms with Crippen LogP contribution in [0.3, 0.4) is 0 Å². The van der Waals surface area contributed by atoms with Gasteiger partial charge in [0.15, 0.2) is 11.5 Å². The molecule has 4 rings (SSSR count). The maximum atomic E-state index is 14.7. The van der Waals surface area contributed by atoms with E-state index < -0.39 is 28.5 Å². The van der Waals surface area contributed by atoms with Crippen LogP contribution >= 0.6 is 11.6 Å². The molecule has 0 saturated heterocycles. The van der Waals surface area contributed by atoms with Crippen molar-refractivity contribution in [2.45, 2.75) is 57.5 Å². The molecule has 2 amide bonds. The van der Waals surface area contributed by atoms with Crippen molar-refractivity contribution < 1.29 is 27.5 Å². The lowest BCUT2D eigenvalue weighted by molar-refractivity contribution is -0.140. The Bertz CT molecular complexity index is 1830. The van der Waals surface area contributed by atoms with Gasteiger partial charge in [-0.25, -0.2) is 8.42 Å². The first-order valence-corrected chi connectivity index (χ1v) is 18.0. The molecule has 1 N–H and O–H groups in total. The summed E-state index contributed by atoms with van der Waals surface area (Å²) < 4.78 is 40.9. The van der Waals surface area contributed by atoms with Crippen molar-refractivity contribution in [1.29, 1.82) is 0 Å². The van der Waals surface area contributed by atoms with Gasteiger partial charge in [-0.1, -0.05) is 79.5 Å². The number of halogens is 1.